The van der Waals surface area contributed by atoms with E-state index in [1.165, 1.54) is 23.5 Å². The van der Waals surface area contributed by atoms with E-state index < -0.39 is 10.0 Å². The summed E-state index contributed by atoms with van der Waals surface area (Å²) >= 11 is 10.8. The van der Waals surface area contributed by atoms with E-state index in [0.717, 1.165) is 9.35 Å². The average molecular weight is 396 g/mol. The number of benzene rings is 1. The molecule has 1 aromatic carbocycles. The van der Waals surface area contributed by atoms with Crippen molar-refractivity contribution in [3.05, 3.63) is 49.6 Å². The van der Waals surface area contributed by atoms with Gasteiger partial charge >= 0.3 is 0 Å². The van der Waals surface area contributed by atoms with Crippen LogP contribution >= 0.6 is 38.9 Å². The number of halogens is 2. The number of rotatable bonds is 5. The lowest BCUT2D eigenvalue weighted by Crippen LogP contribution is -2.23. The molecular formula is C12H12BrClN2O2S2. The van der Waals surface area contributed by atoms with Crippen LogP contribution in [0.1, 0.15) is 10.4 Å². The first-order valence-electron chi connectivity index (χ1n) is 5.64. The van der Waals surface area contributed by atoms with Crippen LogP contribution in [0.25, 0.3) is 0 Å². The summed E-state index contributed by atoms with van der Waals surface area (Å²) in [4.78, 5) is 1.08. The molecule has 2 aromatic rings. The summed E-state index contributed by atoms with van der Waals surface area (Å²) < 4.78 is 27.9. The lowest BCUT2D eigenvalue weighted by molar-refractivity contribution is 0.581. The molecule has 20 heavy (non-hydrogen) atoms. The van der Waals surface area contributed by atoms with E-state index in [-0.39, 0.29) is 18.0 Å². The lowest BCUT2D eigenvalue weighted by atomic mass is 10.2. The van der Waals surface area contributed by atoms with Crippen molar-refractivity contribution in [1.29, 1.82) is 0 Å². The van der Waals surface area contributed by atoms with Crippen molar-refractivity contribution in [3.8, 4) is 0 Å². The second-order valence-electron chi connectivity index (χ2n) is 3.97. The molecule has 0 spiro atoms. The van der Waals surface area contributed by atoms with Crippen LogP contribution in [0.5, 0.6) is 0 Å². The predicted molar refractivity (Wildman–Crippen MR) is 85.4 cm³/mol. The summed E-state index contributed by atoms with van der Waals surface area (Å²) in [5, 5.41) is 2.36. The molecule has 0 fully saturated rings. The maximum absolute atomic E-state index is 12.2. The van der Waals surface area contributed by atoms with Gasteiger partial charge in [0, 0.05) is 27.5 Å². The van der Waals surface area contributed by atoms with Gasteiger partial charge in [0.1, 0.15) is 0 Å². The van der Waals surface area contributed by atoms with Gasteiger partial charge in [-0.3, -0.25) is 0 Å². The Kier molecular flexibility index (Phi) is 5.22. The zero-order chi connectivity index (χ0) is 14.8. The maximum Gasteiger partial charge on any atom is 0.240 e. The first kappa shape index (κ1) is 15.9. The minimum absolute atomic E-state index is 0.162. The summed E-state index contributed by atoms with van der Waals surface area (Å²) in [6.07, 6.45) is 0. The van der Waals surface area contributed by atoms with Crippen LogP contribution in [0.3, 0.4) is 0 Å². The molecule has 8 heteroatoms. The van der Waals surface area contributed by atoms with Crippen LogP contribution in [0, 0.1) is 0 Å². The Balaban J connectivity index is 2.20. The first-order valence-corrected chi connectivity index (χ1v) is 9.17. The van der Waals surface area contributed by atoms with Gasteiger partial charge in [0.25, 0.3) is 0 Å². The minimum atomic E-state index is -3.58. The van der Waals surface area contributed by atoms with Gasteiger partial charge < -0.3 is 5.73 Å². The molecule has 3 N–H and O–H groups in total. The zero-order valence-electron chi connectivity index (χ0n) is 10.3. The van der Waals surface area contributed by atoms with Crippen molar-refractivity contribution in [2.45, 2.75) is 18.0 Å². The van der Waals surface area contributed by atoms with Gasteiger partial charge in [-0.25, -0.2) is 13.1 Å². The highest BCUT2D eigenvalue weighted by Crippen LogP contribution is 2.24. The van der Waals surface area contributed by atoms with Gasteiger partial charge in [-0.1, -0.05) is 11.6 Å². The van der Waals surface area contributed by atoms with Crippen LogP contribution in [0.15, 0.2) is 39.0 Å². The third-order valence-electron chi connectivity index (χ3n) is 2.66. The molecular weight excluding hydrogens is 384 g/mol. The third-order valence-corrected chi connectivity index (χ3v) is 6.36. The number of thiophene rings is 1. The van der Waals surface area contributed by atoms with E-state index in [0.29, 0.717) is 10.6 Å². The molecule has 0 saturated carbocycles. The highest BCUT2D eigenvalue weighted by atomic mass is 79.9. The van der Waals surface area contributed by atoms with Crippen LogP contribution in [-0.2, 0) is 23.1 Å². The number of sulfonamides is 1. The quantitative estimate of drug-likeness (QED) is 0.817. The molecule has 0 saturated heterocycles. The Labute approximate surface area is 135 Å². The molecule has 0 aliphatic heterocycles. The number of hydrogen-bond donors (Lipinski definition) is 2. The van der Waals surface area contributed by atoms with Crippen LogP contribution < -0.4 is 10.5 Å². The van der Waals surface area contributed by atoms with Gasteiger partial charge in [0.2, 0.25) is 10.0 Å². The van der Waals surface area contributed by atoms with E-state index in [1.807, 2.05) is 11.4 Å². The molecule has 108 valence electrons. The van der Waals surface area contributed by atoms with E-state index in [2.05, 4.69) is 20.7 Å². The highest BCUT2D eigenvalue weighted by Gasteiger charge is 2.16. The molecule has 1 heterocycles. The maximum atomic E-state index is 12.2. The Morgan fingerprint density at radius 3 is 2.70 bits per heavy atom. The topological polar surface area (TPSA) is 72.2 Å². The summed E-state index contributed by atoms with van der Waals surface area (Å²) in [5.74, 6) is 0. The van der Waals surface area contributed by atoms with Crippen LogP contribution in [0.2, 0.25) is 5.02 Å². The molecule has 0 aliphatic carbocycles. The molecule has 0 radical (unpaired) electrons. The fourth-order valence-corrected chi connectivity index (χ4v) is 4.33. The molecule has 0 amide bonds. The standard InChI is InChI=1S/C12H12BrClN2O2S2/c13-10-3-4-19-12(10)7-16-20(17,18)9-1-2-11(14)8(5-9)6-15/h1-5,16H,6-7,15H2. The average Bonchev–Trinajstić information content (AvgIpc) is 2.82. The number of hydrogen-bond acceptors (Lipinski definition) is 4. The van der Waals surface area contributed by atoms with E-state index in [4.69, 9.17) is 17.3 Å². The van der Waals surface area contributed by atoms with Crippen LogP contribution in [-0.4, -0.2) is 8.42 Å². The van der Waals surface area contributed by atoms with Crippen molar-refractivity contribution in [3.63, 3.8) is 0 Å². The normalized spacial score (nSPS) is 11.8. The summed E-state index contributed by atoms with van der Waals surface area (Å²) in [6.45, 7) is 0.430. The van der Waals surface area contributed by atoms with Crippen molar-refractivity contribution >= 4 is 48.9 Å². The van der Waals surface area contributed by atoms with Crippen molar-refractivity contribution < 1.29 is 8.42 Å². The summed E-state index contributed by atoms with van der Waals surface area (Å²) in [6, 6.07) is 6.38. The Morgan fingerprint density at radius 2 is 2.10 bits per heavy atom. The van der Waals surface area contributed by atoms with Crippen molar-refractivity contribution in [2.24, 2.45) is 5.73 Å². The predicted octanol–water partition coefficient (Wildman–Crippen LogP) is 3.10. The number of nitrogens with two attached hydrogens (primary N) is 1. The smallest absolute Gasteiger partial charge is 0.240 e. The third kappa shape index (κ3) is 3.60. The summed E-state index contributed by atoms with van der Waals surface area (Å²) in [7, 11) is -3.58. The SMILES string of the molecule is NCc1cc(S(=O)(=O)NCc2sccc2Br)ccc1Cl. The monoisotopic (exact) mass is 394 g/mol. The van der Waals surface area contributed by atoms with Gasteiger partial charge in [-0.05, 0) is 51.1 Å². The fourth-order valence-electron chi connectivity index (χ4n) is 1.57. The van der Waals surface area contributed by atoms with Crippen LogP contribution in [0.4, 0.5) is 0 Å². The molecule has 0 bridgehead atoms. The molecule has 4 nitrogen and oxygen atoms in total. The largest absolute Gasteiger partial charge is 0.326 e. The van der Waals surface area contributed by atoms with Crippen molar-refractivity contribution in [2.75, 3.05) is 0 Å². The molecule has 1 aromatic heterocycles. The minimum Gasteiger partial charge on any atom is -0.326 e. The van der Waals surface area contributed by atoms with E-state index in [9.17, 15) is 8.42 Å². The lowest BCUT2D eigenvalue weighted by Gasteiger charge is -2.08. The van der Waals surface area contributed by atoms with Gasteiger partial charge in [-0.15, -0.1) is 11.3 Å². The van der Waals surface area contributed by atoms with Crippen molar-refractivity contribution in [1.82, 2.24) is 4.72 Å². The Bertz CT molecular complexity index is 716. The zero-order valence-corrected chi connectivity index (χ0v) is 14.2. The molecule has 0 atom stereocenters. The Hall–Kier alpha value is -0.440. The van der Waals surface area contributed by atoms with E-state index >= 15 is 0 Å². The van der Waals surface area contributed by atoms with E-state index in [1.54, 1.807) is 6.07 Å². The molecule has 2 rings (SSSR count). The molecule has 0 aliphatic rings. The summed E-state index contributed by atoms with van der Waals surface area (Å²) in [5.41, 5.74) is 6.13. The first-order chi connectivity index (χ1) is 9.44. The second kappa shape index (κ2) is 6.55. The molecule has 0 unspecified atom stereocenters. The van der Waals surface area contributed by atoms with Gasteiger partial charge in [0.15, 0.2) is 0 Å². The fraction of sp³-hybridized carbons (Fsp3) is 0.167. The van der Waals surface area contributed by atoms with Gasteiger partial charge in [0.05, 0.1) is 4.90 Å². The Morgan fingerprint density at radius 1 is 1.35 bits per heavy atom. The highest BCUT2D eigenvalue weighted by molar-refractivity contribution is 9.10. The van der Waals surface area contributed by atoms with Gasteiger partial charge in [-0.2, -0.15) is 0 Å². The second-order valence-corrected chi connectivity index (χ2v) is 8.00. The number of nitrogens with one attached hydrogen (secondary N) is 1.